The van der Waals surface area contributed by atoms with Crippen LogP contribution in [-0.2, 0) is 10.2 Å². The van der Waals surface area contributed by atoms with Crippen LogP contribution in [-0.4, -0.2) is 23.4 Å². The molecule has 1 saturated carbocycles. The van der Waals surface area contributed by atoms with Crippen LogP contribution in [0.3, 0.4) is 0 Å². The second-order valence-electron chi connectivity index (χ2n) is 7.51. The van der Waals surface area contributed by atoms with Crippen molar-refractivity contribution in [2.75, 3.05) is 11.9 Å². The van der Waals surface area contributed by atoms with E-state index < -0.39 is 11.7 Å². The molecule has 0 aromatic heterocycles. The minimum atomic E-state index is -0.521. The Kier molecular flexibility index (Phi) is 3.79. The highest BCUT2D eigenvalue weighted by atomic mass is 16.6. The highest BCUT2D eigenvalue weighted by Crippen LogP contribution is 2.64. The quantitative estimate of drug-likeness (QED) is 0.893. The number of rotatable bonds is 3. The molecule has 1 amide bonds. The molecule has 21 heavy (non-hydrogen) atoms. The molecule has 1 aromatic carbocycles. The number of carbonyl (C=O) groups excluding carboxylic acids is 1. The number of ether oxygens (including phenoxy) is 1. The zero-order valence-electron chi connectivity index (χ0n) is 13.5. The fourth-order valence-electron chi connectivity index (χ4n) is 2.88. The predicted molar refractivity (Wildman–Crippen MR) is 83.5 cm³/mol. The number of nitrogens with one attached hydrogen (secondary N) is 1. The molecule has 116 valence electrons. The molecule has 1 aliphatic carbocycles. The number of aliphatic hydroxyl groups excluding tert-OH is 1. The number of hydrogen-bond acceptors (Lipinski definition) is 3. The van der Waals surface area contributed by atoms with E-state index in [9.17, 15) is 9.90 Å². The Labute approximate surface area is 126 Å². The van der Waals surface area contributed by atoms with Crippen LogP contribution in [0.15, 0.2) is 24.3 Å². The topological polar surface area (TPSA) is 58.6 Å². The minimum Gasteiger partial charge on any atom is -0.444 e. The normalized spacial score (nSPS) is 23.5. The lowest BCUT2D eigenvalue weighted by Crippen LogP contribution is -2.27. The van der Waals surface area contributed by atoms with Crippen molar-refractivity contribution >= 4 is 11.8 Å². The van der Waals surface area contributed by atoms with E-state index in [1.807, 2.05) is 45.0 Å². The largest absolute Gasteiger partial charge is 0.444 e. The molecule has 1 unspecified atom stereocenters. The van der Waals surface area contributed by atoms with Crippen LogP contribution in [0.5, 0.6) is 0 Å². The van der Waals surface area contributed by atoms with E-state index in [-0.39, 0.29) is 17.4 Å². The average Bonchev–Trinajstić information content (AvgIpc) is 2.91. The summed E-state index contributed by atoms with van der Waals surface area (Å²) in [6.45, 7) is 9.91. The van der Waals surface area contributed by atoms with Gasteiger partial charge in [0, 0.05) is 11.1 Å². The van der Waals surface area contributed by atoms with Gasteiger partial charge in [-0.2, -0.15) is 0 Å². The molecule has 0 bridgehead atoms. The summed E-state index contributed by atoms with van der Waals surface area (Å²) in [6, 6.07) is 7.65. The molecule has 2 rings (SSSR count). The summed E-state index contributed by atoms with van der Waals surface area (Å²) in [5.74, 6) is 0. The Morgan fingerprint density at radius 3 is 2.48 bits per heavy atom. The molecule has 0 saturated heterocycles. The number of anilines is 1. The van der Waals surface area contributed by atoms with Gasteiger partial charge in [0.15, 0.2) is 0 Å². The summed E-state index contributed by atoms with van der Waals surface area (Å²) in [5.41, 5.74) is 1.12. The molecule has 0 spiro atoms. The van der Waals surface area contributed by atoms with E-state index in [1.165, 1.54) is 0 Å². The lowest BCUT2D eigenvalue weighted by Gasteiger charge is -2.21. The first kappa shape index (κ1) is 15.8. The van der Waals surface area contributed by atoms with E-state index in [2.05, 4.69) is 19.2 Å². The number of benzene rings is 1. The SMILES string of the molecule is CC(C)(C)OC(=O)Nc1cccc(C2(CO)CC2(C)C)c1. The lowest BCUT2D eigenvalue weighted by molar-refractivity contribution is 0.0636. The zero-order chi connectivity index (χ0) is 15.9. The van der Waals surface area contributed by atoms with E-state index in [4.69, 9.17) is 4.74 Å². The Bertz CT molecular complexity index is 545. The van der Waals surface area contributed by atoms with Crippen LogP contribution in [0.2, 0.25) is 0 Å². The van der Waals surface area contributed by atoms with Crippen molar-refractivity contribution in [1.29, 1.82) is 0 Å². The number of aliphatic hydroxyl groups is 1. The molecule has 1 fully saturated rings. The third-order valence-electron chi connectivity index (χ3n) is 4.24. The second kappa shape index (κ2) is 5.02. The van der Waals surface area contributed by atoms with Gasteiger partial charge in [0.25, 0.3) is 0 Å². The van der Waals surface area contributed by atoms with E-state index in [0.29, 0.717) is 5.69 Å². The molecule has 0 heterocycles. The van der Waals surface area contributed by atoms with Gasteiger partial charge in [-0.15, -0.1) is 0 Å². The summed E-state index contributed by atoms with van der Waals surface area (Å²) in [6.07, 6.45) is 0.486. The maximum absolute atomic E-state index is 11.8. The monoisotopic (exact) mass is 291 g/mol. The van der Waals surface area contributed by atoms with Crippen molar-refractivity contribution < 1.29 is 14.6 Å². The van der Waals surface area contributed by atoms with Gasteiger partial charge in [-0.05, 0) is 50.3 Å². The van der Waals surface area contributed by atoms with Crippen molar-refractivity contribution in [3.8, 4) is 0 Å². The zero-order valence-corrected chi connectivity index (χ0v) is 13.5. The standard InChI is InChI=1S/C17H25NO3/c1-15(2,3)21-14(20)18-13-8-6-7-12(9-13)17(11-19)10-16(17,4)5/h6-9,19H,10-11H2,1-5H3,(H,18,20). The van der Waals surface area contributed by atoms with Gasteiger partial charge >= 0.3 is 6.09 Å². The van der Waals surface area contributed by atoms with Gasteiger partial charge in [0.05, 0.1) is 6.61 Å². The van der Waals surface area contributed by atoms with Crippen LogP contribution in [0.4, 0.5) is 10.5 Å². The molecule has 1 aromatic rings. The van der Waals surface area contributed by atoms with Crippen LogP contribution in [0.25, 0.3) is 0 Å². The minimum absolute atomic E-state index is 0.0896. The Morgan fingerprint density at radius 1 is 1.38 bits per heavy atom. The molecule has 0 radical (unpaired) electrons. The van der Waals surface area contributed by atoms with Gasteiger partial charge in [-0.25, -0.2) is 4.79 Å². The third kappa shape index (κ3) is 3.21. The van der Waals surface area contributed by atoms with Crippen molar-refractivity contribution in [1.82, 2.24) is 0 Å². The predicted octanol–water partition coefficient (Wildman–Crippen LogP) is 3.69. The summed E-state index contributed by atoms with van der Waals surface area (Å²) >= 11 is 0. The van der Waals surface area contributed by atoms with Gasteiger partial charge in [0.2, 0.25) is 0 Å². The number of hydrogen-bond donors (Lipinski definition) is 2. The Morgan fingerprint density at radius 2 is 2.00 bits per heavy atom. The van der Waals surface area contributed by atoms with E-state index in [1.54, 1.807) is 0 Å². The van der Waals surface area contributed by atoms with Crippen LogP contribution in [0, 0.1) is 5.41 Å². The molecular formula is C17H25NO3. The van der Waals surface area contributed by atoms with Gasteiger partial charge in [-0.1, -0.05) is 26.0 Å². The molecule has 2 N–H and O–H groups in total. The van der Waals surface area contributed by atoms with Crippen LogP contribution >= 0.6 is 0 Å². The Balaban J connectivity index is 2.14. The molecule has 4 nitrogen and oxygen atoms in total. The van der Waals surface area contributed by atoms with E-state index >= 15 is 0 Å². The molecule has 1 atom stereocenters. The number of amides is 1. The van der Waals surface area contributed by atoms with Gasteiger partial charge < -0.3 is 9.84 Å². The molecular weight excluding hydrogens is 266 g/mol. The smallest absolute Gasteiger partial charge is 0.412 e. The first-order chi connectivity index (χ1) is 9.60. The second-order valence-corrected chi connectivity index (χ2v) is 7.51. The summed E-state index contributed by atoms with van der Waals surface area (Å²) < 4.78 is 5.25. The van der Waals surface area contributed by atoms with Gasteiger partial charge in [-0.3, -0.25) is 5.32 Å². The Hall–Kier alpha value is -1.55. The average molecular weight is 291 g/mol. The lowest BCUT2D eigenvalue weighted by atomic mass is 9.88. The van der Waals surface area contributed by atoms with Crippen LogP contribution in [0.1, 0.15) is 46.6 Å². The van der Waals surface area contributed by atoms with Gasteiger partial charge in [0.1, 0.15) is 5.60 Å². The first-order valence-electron chi connectivity index (χ1n) is 7.31. The summed E-state index contributed by atoms with van der Waals surface area (Å²) in [4.78, 5) is 11.8. The van der Waals surface area contributed by atoms with Crippen molar-refractivity contribution in [3.05, 3.63) is 29.8 Å². The summed E-state index contributed by atoms with van der Waals surface area (Å²) in [7, 11) is 0. The molecule has 4 heteroatoms. The summed E-state index contributed by atoms with van der Waals surface area (Å²) in [5, 5.41) is 12.5. The van der Waals surface area contributed by atoms with Crippen LogP contribution < -0.4 is 5.32 Å². The first-order valence-corrected chi connectivity index (χ1v) is 7.31. The van der Waals surface area contributed by atoms with Crippen molar-refractivity contribution in [2.45, 2.75) is 52.1 Å². The molecule has 0 aliphatic heterocycles. The fourth-order valence-corrected chi connectivity index (χ4v) is 2.88. The van der Waals surface area contributed by atoms with E-state index in [0.717, 1.165) is 12.0 Å². The maximum Gasteiger partial charge on any atom is 0.412 e. The molecule has 1 aliphatic rings. The number of carbonyl (C=O) groups is 1. The third-order valence-corrected chi connectivity index (χ3v) is 4.24. The van der Waals surface area contributed by atoms with Crippen molar-refractivity contribution in [2.24, 2.45) is 5.41 Å². The highest BCUT2D eigenvalue weighted by molar-refractivity contribution is 5.85. The maximum atomic E-state index is 11.8. The highest BCUT2D eigenvalue weighted by Gasteiger charge is 2.61. The van der Waals surface area contributed by atoms with Crippen molar-refractivity contribution in [3.63, 3.8) is 0 Å². The fraction of sp³-hybridized carbons (Fsp3) is 0.588.